The van der Waals surface area contributed by atoms with Gasteiger partial charge in [0.1, 0.15) is 0 Å². The molecule has 0 saturated heterocycles. The van der Waals surface area contributed by atoms with Gasteiger partial charge in [-0.2, -0.15) is 0 Å². The lowest BCUT2D eigenvalue weighted by Crippen LogP contribution is -2.47. The van der Waals surface area contributed by atoms with Crippen LogP contribution in [-0.4, -0.2) is 5.54 Å². The lowest BCUT2D eigenvalue weighted by Gasteiger charge is -2.39. The van der Waals surface area contributed by atoms with Crippen molar-refractivity contribution < 1.29 is 0 Å². The Kier molecular flexibility index (Phi) is 35.1. The molecule has 0 saturated carbocycles. The van der Waals surface area contributed by atoms with Crippen LogP contribution in [0, 0.1) is 5.92 Å². The van der Waals surface area contributed by atoms with Crippen molar-refractivity contribution in [3.05, 3.63) is 0 Å². The summed E-state index contributed by atoms with van der Waals surface area (Å²) in [6.45, 7) is 9.30. The van der Waals surface area contributed by atoms with Crippen LogP contribution in [0.5, 0.6) is 0 Å². The highest BCUT2D eigenvalue weighted by Crippen LogP contribution is 2.35. The minimum absolute atomic E-state index is 0. The quantitative estimate of drug-likeness (QED) is 0.0748. The molecule has 0 aromatic carbocycles. The van der Waals surface area contributed by atoms with Gasteiger partial charge in [-0.1, -0.05) is 201 Å². The molecule has 2 heteroatoms. The summed E-state index contributed by atoms with van der Waals surface area (Å²) in [6, 6.07) is 0. The first kappa shape index (κ1) is 41.6. The van der Waals surface area contributed by atoms with Gasteiger partial charge in [-0.05, 0) is 31.6 Å². The van der Waals surface area contributed by atoms with Crippen LogP contribution in [0.1, 0.15) is 227 Å². The Hall–Kier alpha value is 0.440. The van der Waals surface area contributed by atoms with Crippen molar-refractivity contribution in [2.75, 3.05) is 0 Å². The molecule has 0 amide bonds. The predicted molar refractivity (Wildman–Crippen MR) is 187 cm³/mol. The first-order chi connectivity index (χ1) is 18.6. The van der Waals surface area contributed by atoms with E-state index in [2.05, 4.69) is 27.7 Å². The molecule has 0 spiro atoms. The number of unbranched alkanes of at least 4 members (excludes halogenated alkanes) is 23. The van der Waals surface area contributed by atoms with Gasteiger partial charge >= 0.3 is 0 Å². The number of halogens is 1. The van der Waals surface area contributed by atoms with E-state index < -0.39 is 0 Å². The zero-order valence-electron chi connectivity index (χ0n) is 28.0. The van der Waals surface area contributed by atoms with Gasteiger partial charge in [0.25, 0.3) is 0 Å². The van der Waals surface area contributed by atoms with Crippen LogP contribution in [0.3, 0.4) is 0 Å². The first-order valence-electron chi connectivity index (χ1n) is 18.4. The first-order valence-corrected chi connectivity index (χ1v) is 18.4. The molecule has 0 rings (SSSR count). The molecular formula is C37H78BrN. The van der Waals surface area contributed by atoms with E-state index in [9.17, 15) is 0 Å². The molecule has 0 aliphatic heterocycles. The molecule has 2 N–H and O–H groups in total. The maximum atomic E-state index is 7.45. The van der Waals surface area contributed by atoms with Crippen LogP contribution in [0.4, 0.5) is 0 Å². The molecule has 39 heavy (non-hydrogen) atoms. The lowest BCUT2D eigenvalue weighted by molar-refractivity contribution is 0.189. The highest BCUT2D eigenvalue weighted by molar-refractivity contribution is 8.93. The van der Waals surface area contributed by atoms with Gasteiger partial charge in [-0.15, -0.1) is 17.0 Å². The van der Waals surface area contributed by atoms with E-state index in [0.717, 1.165) is 5.92 Å². The summed E-state index contributed by atoms with van der Waals surface area (Å²) in [5, 5.41) is 0. The summed E-state index contributed by atoms with van der Waals surface area (Å²) < 4.78 is 0. The van der Waals surface area contributed by atoms with Crippen molar-refractivity contribution in [2.24, 2.45) is 11.7 Å². The van der Waals surface area contributed by atoms with Crippen molar-refractivity contribution in [1.82, 2.24) is 0 Å². The molecule has 0 bridgehead atoms. The Labute approximate surface area is 260 Å². The zero-order chi connectivity index (χ0) is 28.0. The van der Waals surface area contributed by atoms with Gasteiger partial charge in [0.15, 0.2) is 0 Å². The minimum Gasteiger partial charge on any atom is -0.325 e. The third-order valence-corrected chi connectivity index (χ3v) is 9.37. The SMILES string of the molecule is Br.CCCCCCCCCCCCCCC(CCCCCCC)C(N)(CCCCCCC)CCCCCCC. The molecule has 1 unspecified atom stereocenters. The molecule has 0 aliphatic carbocycles. The molecule has 0 aromatic heterocycles. The van der Waals surface area contributed by atoms with Crippen molar-refractivity contribution in [2.45, 2.75) is 232 Å². The van der Waals surface area contributed by atoms with Gasteiger partial charge in [-0.25, -0.2) is 0 Å². The minimum atomic E-state index is 0. The monoisotopic (exact) mass is 616 g/mol. The molecule has 1 nitrogen and oxygen atoms in total. The van der Waals surface area contributed by atoms with E-state index in [0.29, 0.717) is 0 Å². The summed E-state index contributed by atoms with van der Waals surface area (Å²) in [6.07, 6.45) is 43.5. The fraction of sp³-hybridized carbons (Fsp3) is 1.00. The normalized spacial score (nSPS) is 12.5. The number of hydrogen-bond donors (Lipinski definition) is 1. The number of nitrogens with two attached hydrogens (primary N) is 1. The standard InChI is InChI=1S/C37H77N.BrH/c1-5-9-13-17-18-19-20-21-22-23-25-29-33-36(32-28-24-14-10-6-2)37(38,34-30-26-15-11-7-3)35-31-27-16-12-8-4;/h36H,5-35,38H2,1-4H3;1H. The molecule has 0 heterocycles. The average Bonchev–Trinajstić information content (AvgIpc) is 2.92. The van der Waals surface area contributed by atoms with Crippen molar-refractivity contribution in [3.8, 4) is 0 Å². The molecule has 0 fully saturated rings. The summed E-state index contributed by atoms with van der Waals surface area (Å²) in [5.41, 5.74) is 7.55. The van der Waals surface area contributed by atoms with Gasteiger partial charge in [0.2, 0.25) is 0 Å². The average molecular weight is 617 g/mol. The largest absolute Gasteiger partial charge is 0.325 e. The van der Waals surface area contributed by atoms with E-state index in [1.165, 1.54) is 199 Å². The second-order valence-electron chi connectivity index (χ2n) is 13.1. The Morgan fingerprint density at radius 2 is 0.590 bits per heavy atom. The van der Waals surface area contributed by atoms with E-state index in [4.69, 9.17) is 5.73 Å². The number of rotatable bonds is 32. The maximum absolute atomic E-state index is 7.45. The highest BCUT2D eigenvalue weighted by atomic mass is 79.9. The fourth-order valence-electron chi connectivity index (χ4n) is 6.59. The van der Waals surface area contributed by atoms with Gasteiger partial charge < -0.3 is 5.73 Å². The molecule has 0 aliphatic rings. The smallest absolute Gasteiger partial charge is 0.0182 e. The van der Waals surface area contributed by atoms with Crippen molar-refractivity contribution >= 4 is 17.0 Å². The predicted octanol–water partition coefficient (Wildman–Crippen LogP) is 14.1. The summed E-state index contributed by atoms with van der Waals surface area (Å²) in [7, 11) is 0. The Morgan fingerprint density at radius 1 is 0.359 bits per heavy atom. The third-order valence-electron chi connectivity index (χ3n) is 9.37. The van der Waals surface area contributed by atoms with E-state index >= 15 is 0 Å². The Morgan fingerprint density at radius 3 is 0.872 bits per heavy atom. The van der Waals surface area contributed by atoms with Crippen LogP contribution in [-0.2, 0) is 0 Å². The van der Waals surface area contributed by atoms with Gasteiger partial charge in [0, 0.05) is 5.54 Å². The van der Waals surface area contributed by atoms with Crippen LogP contribution in [0.2, 0.25) is 0 Å². The zero-order valence-corrected chi connectivity index (χ0v) is 29.7. The molecule has 238 valence electrons. The fourth-order valence-corrected chi connectivity index (χ4v) is 6.59. The Bertz CT molecular complexity index is 423. The maximum Gasteiger partial charge on any atom is 0.0182 e. The van der Waals surface area contributed by atoms with Crippen molar-refractivity contribution in [1.29, 1.82) is 0 Å². The lowest BCUT2D eigenvalue weighted by atomic mass is 9.72. The van der Waals surface area contributed by atoms with E-state index in [1.807, 2.05) is 0 Å². The summed E-state index contributed by atoms with van der Waals surface area (Å²) in [4.78, 5) is 0. The second kappa shape index (κ2) is 32.9. The van der Waals surface area contributed by atoms with Gasteiger partial charge in [-0.3, -0.25) is 0 Å². The van der Waals surface area contributed by atoms with E-state index in [-0.39, 0.29) is 22.5 Å². The summed E-state index contributed by atoms with van der Waals surface area (Å²) >= 11 is 0. The second-order valence-corrected chi connectivity index (χ2v) is 13.1. The highest BCUT2D eigenvalue weighted by Gasteiger charge is 2.33. The van der Waals surface area contributed by atoms with Crippen molar-refractivity contribution in [3.63, 3.8) is 0 Å². The Balaban J connectivity index is 0. The molecule has 0 aromatic rings. The number of hydrogen-bond acceptors (Lipinski definition) is 1. The molecule has 0 radical (unpaired) electrons. The molecule has 1 atom stereocenters. The van der Waals surface area contributed by atoms with Crippen LogP contribution < -0.4 is 5.73 Å². The van der Waals surface area contributed by atoms with Crippen LogP contribution in [0.15, 0.2) is 0 Å². The third kappa shape index (κ3) is 27.0. The molecular weight excluding hydrogens is 538 g/mol. The topological polar surface area (TPSA) is 26.0 Å². The summed E-state index contributed by atoms with van der Waals surface area (Å²) in [5.74, 6) is 0.754. The van der Waals surface area contributed by atoms with E-state index in [1.54, 1.807) is 0 Å². The van der Waals surface area contributed by atoms with Crippen LogP contribution in [0.25, 0.3) is 0 Å². The van der Waals surface area contributed by atoms with Gasteiger partial charge in [0.05, 0.1) is 0 Å². The van der Waals surface area contributed by atoms with Crippen LogP contribution >= 0.6 is 17.0 Å².